The second-order valence-corrected chi connectivity index (χ2v) is 7.54. The lowest BCUT2D eigenvalue weighted by atomic mass is 10.1. The van der Waals surface area contributed by atoms with Crippen molar-refractivity contribution in [3.05, 3.63) is 59.9 Å². The summed E-state index contributed by atoms with van der Waals surface area (Å²) in [5, 5.41) is 7.50. The van der Waals surface area contributed by atoms with Crippen molar-refractivity contribution in [3.63, 3.8) is 0 Å². The van der Waals surface area contributed by atoms with E-state index in [2.05, 4.69) is 26.7 Å². The lowest BCUT2D eigenvalue weighted by Gasteiger charge is -2.13. The van der Waals surface area contributed by atoms with Gasteiger partial charge in [-0.1, -0.05) is 18.2 Å². The van der Waals surface area contributed by atoms with Crippen molar-refractivity contribution in [2.45, 2.75) is 19.4 Å². The Morgan fingerprint density at radius 3 is 2.56 bits per heavy atom. The Kier molecular flexibility index (Phi) is 6.02. The number of carbonyl (C=O) groups excluding carboxylic acids is 2. The Balaban J connectivity index is 1.37. The molecule has 0 unspecified atom stereocenters. The summed E-state index contributed by atoms with van der Waals surface area (Å²) in [5.41, 5.74) is 3.19. The van der Waals surface area contributed by atoms with Gasteiger partial charge in [0.1, 0.15) is 23.2 Å². The molecule has 0 spiro atoms. The van der Waals surface area contributed by atoms with Gasteiger partial charge in [-0.3, -0.25) is 9.59 Å². The minimum absolute atomic E-state index is 0.246. The second kappa shape index (κ2) is 9.05. The van der Waals surface area contributed by atoms with E-state index in [0.29, 0.717) is 35.7 Å². The molecule has 0 fully saturated rings. The molecule has 2 amide bonds. The van der Waals surface area contributed by atoms with E-state index in [9.17, 15) is 9.59 Å². The number of hydrogen-bond acceptors (Lipinski definition) is 4. The Bertz CT molecular complexity index is 1230. The highest BCUT2D eigenvalue weighted by Gasteiger charge is 2.20. The first-order chi connectivity index (χ1) is 15.5. The van der Waals surface area contributed by atoms with Gasteiger partial charge in [-0.05, 0) is 43.2 Å². The summed E-state index contributed by atoms with van der Waals surface area (Å²) in [6, 6.07) is 12.6. The molecule has 0 aliphatic rings. The third-order valence-electron chi connectivity index (χ3n) is 5.51. The number of hydrogen-bond donors (Lipinski definition) is 4. The lowest BCUT2D eigenvalue weighted by molar-refractivity contribution is -0.122. The van der Waals surface area contributed by atoms with Crippen LogP contribution in [0.3, 0.4) is 0 Å². The molecule has 2 aromatic carbocycles. The summed E-state index contributed by atoms with van der Waals surface area (Å²) in [4.78, 5) is 31.5. The highest BCUT2D eigenvalue weighted by molar-refractivity contribution is 6.02. The molecular formula is C24H26N4O4. The Hall–Kier alpha value is -3.94. The number of para-hydroxylation sites is 1. The maximum absolute atomic E-state index is 12.7. The van der Waals surface area contributed by atoms with Gasteiger partial charge in [-0.25, -0.2) is 0 Å². The smallest absolute Gasteiger partial charge is 0.268 e. The van der Waals surface area contributed by atoms with Crippen LogP contribution in [0.1, 0.15) is 23.0 Å². The zero-order chi connectivity index (χ0) is 22.7. The van der Waals surface area contributed by atoms with E-state index in [0.717, 1.165) is 21.9 Å². The number of H-pyrrole nitrogens is 2. The molecule has 0 saturated heterocycles. The van der Waals surface area contributed by atoms with Gasteiger partial charge in [0.15, 0.2) is 0 Å². The number of benzene rings is 2. The number of methoxy groups -OCH3 is 2. The number of amides is 2. The van der Waals surface area contributed by atoms with Crippen LogP contribution in [0.25, 0.3) is 21.8 Å². The molecule has 0 aliphatic heterocycles. The van der Waals surface area contributed by atoms with Crippen molar-refractivity contribution < 1.29 is 19.1 Å². The van der Waals surface area contributed by atoms with Crippen LogP contribution in [0.15, 0.2) is 48.7 Å². The topological polar surface area (TPSA) is 108 Å². The fourth-order valence-electron chi connectivity index (χ4n) is 3.79. The van der Waals surface area contributed by atoms with Crippen LogP contribution in [0.4, 0.5) is 0 Å². The molecule has 4 rings (SSSR count). The summed E-state index contributed by atoms with van der Waals surface area (Å²) < 4.78 is 10.7. The molecule has 0 saturated carbocycles. The third-order valence-corrected chi connectivity index (χ3v) is 5.51. The summed E-state index contributed by atoms with van der Waals surface area (Å²) in [5.74, 6) is 0.594. The molecule has 0 aliphatic carbocycles. The molecule has 4 aromatic rings. The van der Waals surface area contributed by atoms with Gasteiger partial charge >= 0.3 is 0 Å². The van der Waals surface area contributed by atoms with Crippen LogP contribution < -0.4 is 20.1 Å². The summed E-state index contributed by atoms with van der Waals surface area (Å²) in [7, 11) is 3.13. The maximum Gasteiger partial charge on any atom is 0.268 e. The Morgan fingerprint density at radius 1 is 1.03 bits per heavy atom. The van der Waals surface area contributed by atoms with E-state index in [-0.39, 0.29) is 11.8 Å². The summed E-state index contributed by atoms with van der Waals surface area (Å²) >= 11 is 0. The van der Waals surface area contributed by atoms with Gasteiger partial charge in [0, 0.05) is 29.0 Å². The maximum atomic E-state index is 12.7. The van der Waals surface area contributed by atoms with Crippen LogP contribution >= 0.6 is 0 Å². The van der Waals surface area contributed by atoms with Crippen molar-refractivity contribution in [1.29, 1.82) is 0 Å². The minimum atomic E-state index is -0.694. The van der Waals surface area contributed by atoms with Crippen molar-refractivity contribution in [1.82, 2.24) is 20.6 Å². The van der Waals surface area contributed by atoms with Gasteiger partial charge in [-0.15, -0.1) is 0 Å². The lowest BCUT2D eigenvalue weighted by Crippen LogP contribution is -2.45. The van der Waals surface area contributed by atoms with E-state index in [1.165, 1.54) is 0 Å². The first-order valence-corrected chi connectivity index (χ1v) is 10.4. The van der Waals surface area contributed by atoms with Crippen LogP contribution in [-0.2, 0) is 11.2 Å². The van der Waals surface area contributed by atoms with Gasteiger partial charge in [0.2, 0.25) is 5.91 Å². The van der Waals surface area contributed by atoms with Gasteiger partial charge in [-0.2, -0.15) is 0 Å². The van der Waals surface area contributed by atoms with Crippen LogP contribution in [-0.4, -0.2) is 48.6 Å². The summed E-state index contributed by atoms with van der Waals surface area (Å²) in [6.07, 6.45) is 2.65. The molecule has 0 bridgehead atoms. The fraction of sp³-hybridized carbons (Fsp3) is 0.250. The highest BCUT2D eigenvalue weighted by atomic mass is 16.5. The zero-order valence-electron chi connectivity index (χ0n) is 18.2. The number of nitrogens with one attached hydrogen (secondary N) is 4. The predicted molar refractivity (Wildman–Crippen MR) is 123 cm³/mol. The second-order valence-electron chi connectivity index (χ2n) is 7.54. The van der Waals surface area contributed by atoms with Gasteiger partial charge < -0.3 is 30.1 Å². The molecule has 0 radical (unpaired) electrons. The first-order valence-electron chi connectivity index (χ1n) is 10.4. The molecule has 2 heterocycles. The third kappa shape index (κ3) is 4.12. The molecule has 1 atom stereocenters. The van der Waals surface area contributed by atoms with Crippen molar-refractivity contribution in [2.24, 2.45) is 0 Å². The number of aromatic nitrogens is 2. The molecule has 8 heteroatoms. The molecule has 32 heavy (non-hydrogen) atoms. The van der Waals surface area contributed by atoms with Crippen molar-refractivity contribution >= 4 is 33.6 Å². The van der Waals surface area contributed by atoms with E-state index in [1.54, 1.807) is 39.3 Å². The number of ether oxygens (including phenoxy) is 2. The zero-order valence-corrected chi connectivity index (χ0v) is 18.2. The quantitative estimate of drug-likeness (QED) is 0.342. The summed E-state index contributed by atoms with van der Waals surface area (Å²) in [6.45, 7) is 2.13. The van der Waals surface area contributed by atoms with E-state index in [4.69, 9.17) is 9.47 Å². The Labute approximate surface area is 185 Å². The van der Waals surface area contributed by atoms with E-state index < -0.39 is 6.04 Å². The average molecular weight is 434 g/mol. The molecular weight excluding hydrogens is 408 g/mol. The van der Waals surface area contributed by atoms with Crippen LogP contribution in [0.5, 0.6) is 11.5 Å². The predicted octanol–water partition coefficient (Wildman–Crippen LogP) is 3.14. The average Bonchev–Trinajstić information content (AvgIpc) is 3.43. The largest absolute Gasteiger partial charge is 0.496 e. The van der Waals surface area contributed by atoms with Gasteiger partial charge in [0.25, 0.3) is 5.91 Å². The SMILES string of the molecule is COc1ccc(OC)c2[nH]c(C(=O)N[C@H](C)C(=O)NCCc3c[nH]c4ccccc34)cc12. The monoisotopic (exact) mass is 434 g/mol. The molecule has 2 aromatic heterocycles. The Morgan fingerprint density at radius 2 is 1.78 bits per heavy atom. The van der Waals surface area contributed by atoms with Gasteiger partial charge in [0.05, 0.1) is 19.7 Å². The first kappa shape index (κ1) is 21.3. The number of aromatic amines is 2. The molecule has 8 nitrogen and oxygen atoms in total. The number of fused-ring (bicyclic) bond motifs is 2. The minimum Gasteiger partial charge on any atom is -0.496 e. The van der Waals surface area contributed by atoms with E-state index in [1.807, 2.05) is 24.4 Å². The number of rotatable bonds is 8. The van der Waals surface area contributed by atoms with Crippen LogP contribution in [0, 0.1) is 0 Å². The molecule has 4 N–H and O–H groups in total. The van der Waals surface area contributed by atoms with Crippen LogP contribution in [0.2, 0.25) is 0 Å². The van der Waals surface area contributed by atoms with Crippen molar-refractivity contribution in [3.8, 4) is 11.5 Å². The normalized spacial score (nSPS) is 12.0. The number of carbonyl (C=O) groups is 2. The van der Waals surface area contributed by atoms with Crippen molar-refractivity contribution in [2.75, 3.05) is 20.8 Å². The highest BCUT2D eigenvalue weighted by Crippen LogP contribution is 2.33. The van der Waals surface area contributed by atoms with E-state index >= 15 is 0 Å². The standard InChI is InChI=1S/C24H26N4O4/c1-14(23(29)25-11-10-15-13-26-18-7-5-4-6-16(15)18)27-24(30)19-12-17-20(31-2)8-9-21(32-3)22(17)28-19/h4-9,12-14,26,28H,10-11H2,1-3H3,(H,25,29)(H,27,30)/t14-/m1/s1. The fourth-order valence-corrected chi connectivity index (χ4v) is 3.79. The molecule has 166 valence electrons.